The number of halogens is 11. The summed E-state index contributed by atoms with van der Waals surface area (Å²) in [6.07, 6.45) is 4.91. The average Bonchev–Trinajstić information content (AvgIpc) is 1.60. The van der Waals surface area contributed by atoms with E-state index in [9.17, 15) is 13.2 Å². The minimum Gasteiger partial charge on any atom is 0 e. The van der Waals surface area contributed by atoms with Gasteiger partial charge in [-0.25, -0.2) is 62.1 Å². The van der Waals surface area contributed by atoms with Gasteiger partial charge in [0.15, 0.2) is 57.5 Å². The summed E-state index contributed by atoms with van der Waals surface area (Å²) in [5, 5.41) is 55.3. The van der Waals surface area contributed by atoms with Crippen molar-refractivity contribution < 1.29 is 59.4 Å². The summed E-state index contributed by atoms with van der Waals surface area (Å²) in [7, 11) is 0.628. The van der Waals surface area contributed by atoms with Gasteiger partial charge in [-0.3, -0.25) is 5.41 Å². The van der Waals surface area contributed by atoms with Crippen LogP contribution in [0.1, 0.15) is 22.4 Å². The summed E-state index contributed by atoms with van der Waals surface area (Å²) in [5.41, 5.74) is 41.1. The zero-order chi connectivity index (χ0) is 73.7. The molecule has 5 aromatic carbocycles. The molecule has 0 fully saturated rings. The molecule has 0 saturated heterocycles. The van der Waals surface area contributed by atoms with Crippen LogP contribution in [0, 0.1) is 45.5 Å². The Hall–Kier alpha value is -5.85. The van der Waals surface area contributed by atoms with Crippen LogP contribution in [-0.4, -0.2) is 76.1 Å². The van der Waals surface area contributed by atoms with Crippen molar-refractivity contribution in [1.29, 1.82) is 15.9 Å². The summed E-state index contributed by atoms with van der Waals surface area (Å²) in [6, 6.07) is 50.8. The van der Waals surface area contributed by atoms with E-state index in [1.54, 1.807) is 148 Å². The first-order valence-electron chi connectivity index (χ1n) is 28.6. The van der Waals surface area contributed by atoms with Gasteiger partial charge in [-0.05, 0) is 78.9 Å². The number of hydrogen-bond acceptors (Lipinski definition) is 22. The Morgan fingerprint density at radius 1 is 0.515 bits per heavy atom. The summed E-state index contributed by atoms with van der Waals surface area (Å²) in [6.45, 7) is 0.641. The van der Waals surface area contributed by atoms with Crippen LogP contribution >= 0.6 is 137 Å². The van der Waals surface area contributed by atoms with Crippen molar-refractivity contribution in [3.63, 3.8) is 0 Å². The topological polar surface area (TPSA) is 421 Å². The van der Waals surface area contributed by atoms with Gasteiger partial charge in [0.25, 0.3) is 0 Å². The van der Waals surface area contributed by atoms with Crippen molar-refractivity contribution >= 4 is 222 Å². The van der Waals surface area contributed by atoms with Crippen LogP contribution in [0.2, 0.25) is 0 Å². The molecule has 1 radical (unpaired) electrons. The van der Waals surface area contributed by atoms with Gasteiger partial charge >= 0.3 is 165 Å². The third-order valence-electron chi connectivity index (χ3n) is 13.3. The summed E-state index contributed by atoms with van der Waals surface area (Å²) in [5.74, 6) is -0.320. The molecule has 40 heteroatoms. The Morgan fingerprint density at radius 3 is 1.21 bits per heavy atom. The average molecular weight is 2400 g/mol. The van der Waals surface area contributed by atoms with Crippen molar-refractivity contribution in [2.75, 3.05) is 28.7 Å². The third kappa shape index (κ3) is 25.7. The molecule has 103 heavy (non-hydrogen) atoms. The first-order chi connectivity index (χ1) is 49.2. The maximum absolute atomic E-state index is 14.2. The molecule has 0 aliphatic rings. The molecule has 13 N–H and O–H groups in total. The van der Waals surface area contributed by atoms with E-state index in [0.29, 0.717) is 101 Å². The number of benzene rings is 5. The number of nitrogens with one attached hydrogen (secondary N) is 1. The molecule has 13 rings (SSSR count). The molecular formula is C63H51F3I8N26V3-. The summed E-state index contributed by atoms with van der Waals surface area (Å²) < 4.78 is 46.7. The van der Waals surface area contributed by atoms with E-state index in [-0.39, 0.29) is 113 Å². The number of nitriles is 2. The molecule has 0 bridgehead atoms. The Balaban J connectivity index is 0.000000214. The Bertz CT molecular complexity index is 5030. The molecule has 0 spiro atoms. The summed E-state index contributed by atoms with van der Waals surface area (Å²) in [4.78, 5) is 29.8. The number of pyridine rings is 3. The molecular weight excluding hydrogens is 2350 g/mol. The van der Waals surface area contributed by atoms with Crippen molar-refractivity contribution in [2.24, 2.45) is 26.2 Å². The van der Waals surface area contributed by atoms with Crippen molar-refractivity contribution in [1.82, 2.24) is 64.2 Å². The molecule has 8 heterocycles. The van der Waals surface area contributed by atoms with Gasteiger partial charge in [0.1, 0.15) is 58.2 Å². The monoisotopic (exact) mass is 2400 g/mol. The van der Waals surface area contributed by atoms with Crippen LogP contribution in [0.3, 0.4) is 0 Å². The molecule has 526 valence electrons. The Kier molecular flexibility index (Phi) is 37.6. The van der Waals surface area contributed by atoms with Gasteiger partial charge in [0.2, 0.25) is 6.04 Å². The van der Waals surface area contributed by atoms with E-state index in [4.69, 9.17) is 50.3 Å². The molecule has 0 atom stereocenters. The van der Waals surface area contributed by atoms with Gasteiger partial charge in [0, 0.05) is 53.8 Å². The van der Waals surface area contributed by atoms with Gasteiger partial charge in [-0.2, -0.15) is 41.2 Å². The first-order valence-corrected chi connectivity index (χ1v) is 63.7. The zero-order valence-electron chi connectivity index (χ0n) is 52.6. The maximum Gasteiger partial charge on any atom is 0 e. The van der Waals surface area contributed by atoms with Crippen LogP contribution in [0.25, 0.3) is 56.1 Å². The second-order valence-corrected chi connectivity index (χ2v) is 83.2. The molecule has 8 aromatic heterocycles. The fourth-order valence-electron chi connectivity index (χ4n) is 8.86. The Morgan fingerprint density at radius 2 is 0.845 bits per heavy atom. The number of hydrogen-bond donors (Lipinski definition) is 7. The van der Waals surface area contributed by atoms with E-state index in [1.165, 1.54) is 18.2 Å². The smallest absolute Gasteiger partial charge is 0 e. The SMILES string of the molecule is I[I-]I.N#CC(C#N)N=Nc1ccccc1.N=C(N)c1nn(Cc2ccccc2F)c2ncccc12.Nc1nc(-c2nn(Cc3ccccc3F)c3ncccc23)nc(N)c1N.Nc1nc(-c2nn(Cc3ccccc3F)c3ncccc23)nc(N)c1N=Nc1ccccc1.[I][V]([I])[I].[I][V][I].[V]. The molecule has 0 aliphatic carbocycles. The number of azo groups is 2. The van der Waals surface area contributed by atoms with Crippen molar-refractivity contribution in [3.05, 3.63) is 228 Å². The number of rotatable bonds is 13. The van der Waals surface area contributed by atoms with Gasteiger partial charge < -0.3 is 34.4 Å². The Labute approximate surface area is 695 Å². The number of anilines is 5. The number of nitrogens with two attached hydrogens (primary N) is 6. The molecule has 26 nitrogen and oxygen atoms in total. The predicted molar refractivity (Wildman–Crippen MR) is 439 cm³/mol. The number of fused-ring (bicyclic) bond motifs is 3. The van der Waals surface area contributed by atoms with Crippen LogP contribution in [0.5, 0.6) is 0 Å². The molecule has 0 amide bonds. The maximum atomic E-state index is 14.2. The van der Waals surface area contributed by atoms with Gasteiger partial charge in [0.05, 0.1) is 47.2 Å². The second kappa shape index (κ2) is 45.0. The summed E-state index contributed by atoms with van der Waals surface area (Å²) >= 11 is 17.4. The van der Waals surface area contributed by atoms with Crippen LogP contribution in [-0.2, 0) is 52.6 Å². The normalized spacial score (nSPS) is 10.5. The number of aromatic nitrogens is 13. The van der Waals surface area contributed by atoms with Gasteiger partial charge in [-0.15, -0.1) is 5.11 Å². The van der Waals surface area contributed by atoms with Crippen LogP contribution in [0.4, 0.5) is 59.2 Å². The second-order valence-electron chi connectivity index (χ2n) is 19.8. The fraction of sp³-hybridized carbons (Fsp3) is 0.0635. The van der Waals surface area contributed by atoms with E-state index < -0.39 is 6.04 Å². The minimum atomic E-state index is -1.01. The quantitative estimate of drug-likeness (QED) is 0.0244. The fourth-order valence-corrected chi connectivity index (χ4v) is 8.86. The van der Waals surface area contributed by atoms with Crippen LogP contribution in [0.15, 0.2) is 209 Å². The van der Waals surface area contributed by atoms with Gasteiger partial charge in [-0.1, -0.05) is 91.0 Å². The standard InChI is InChI=1S/C23H18FN9.C17H15FN8.C14H12FN5.C9H6N4.I3.5HI.3V/c24-17-11-5-4-7-14(17)13-33-23-16(10-6-12-27-23)18(32-33)22-28-20(25)19(21(26)29-22)31-30-15-8-2-1-3-9-15;18-11-6-2-1-4-9(11)8-26-17-10(5-3-7-22-17)13(25-26)16-23-14(20)12(19)15(21)24-16;15-11-6-2-1-4-9(11)8-20-14-10(5-3-7-18-14)12(19-20)13(16)17;10-6-9(7-11)13-12-8-4-2-1-3-5-8;1-3-2;;;;;;;;/h1-12H,13H2,(H4,25,26,28,29);1-7H,8,19H2,(H4,20,21,23,24);1-7H,8H2,(H3,16,17);1-5,9H;;5*1H;;;/q;;;;-1;;;;;;;+2;+3/p-5. The predicted octanol–water partition coefficient (Wildman–Crippen LogP) is 13.8. The zero-order valence-corrected chi connectivity index (χ0v) is 74.0. The van der Waals surface area contributed by atoms with Crippen molar-refractivity contribution in [3.8, 4) is 35.2 Å². The molecule has 13 aromatic rings. The number of nitrogen functional groups attached to an aromatic ring is 6. The number of amidine groups is 1. The van der Waals surface area contributed by atoms with E-state index in [0.717, 1.165) is 0 Å². The van der Waals surface area contributed by atoms with Crippen molar-refractivity contribution in [2.45, 2.75) is 25.7 Å². The molecule has 0 unspecified atom stereocenters. The minimum absolute atomic E-state index is 0. The van der Waals surface area contributed by atoms with Crippen LogP contribution < -0.4 is 47.7 Å². The largest absolute Gasteiger partial charge is 0 e. The van der Waals surface area contributed by atoms with E-state index in [2.05, 4.69) is 208 Å². The van der Waals surface area contributed by atoms with E-state index >= 15 is 0 Å². The molecule has 0 aliphatic heterocycles. The first kappa shape index (κ1) is 86.1. The molecule has 0 saturated carbocycles. The van der Waals surface area contributed by atoms with E-state index in [1.807, 2.05) is 48.5 Å². The number of nitrogens with zero attached hydrogens (tertiary/aromatic N) is 19. The third-order valence-corrected chi connectivity index (χ3v) is 13.3.